The van der Waals surface area contributed by atoms with Gasteiger partial charge < -0.3 is 10.1 Å². The number of nitro benzene ring substituents is 1. The molecule has 0 heterocycles. The van der Waals surface area contributed by atoms with Gasteiger partial charge in [-0.1, -0.05) is 32.1 Å². The number of hydrogen-bond acceptors (Lipinski definition) is 4. The van der Waals surface area contributed by atoms with Gasteiger partial charge in [0, 0.05) is 18.2 Å². The van der Waals surface area contributed by atoms with Crippen LogP contribution in [0.15, 0.2) is 18.2 Å². The van der Waals surface area contributed by atoms with E-state index in [-0.39, 0.29) is 10.6 Å². The van der Waals surface area contributed by atoms with E-state index in [1.165, 1.54) is 38.2 Å². The summed E-state index contributed by atoms with van der Waals surface area (Å²) in [6.07, 6.45) is 8.37. The van der Waals surface area contributed by atoms with Crippen molar-refractivity contribution in [3.05, 3.63) is 28.3 Å². The molecular formula is C15H22N2O3. The zero-order valence-electron chi connectivity index (χ0n) is 11.9. The number of ether oxygens (including phenoxy) is 1. The normalized spacial score (nSPS) is 17.1. The van der Waals surface area contributed by atoms with Gasteiger partial charge in [0.25, 0.3) is 5.69 Å². The Morgan fingerprint density at radius 1 is 1.20 bits per heavy atom. The minimum absolute atomic E-state index is 0.118. The molecule has 0 amide bonds. The highest BCUT2D eigenvalue weighted by Gasteiger charge is 2.18. The fraction of sp³-hybridized carbons (Fsp3) is 0.600. The third kappa shape index (κ3) is 3.85. The molecule has 5 heteroatoms. The monoisotopic (exact) mass is 278 g/mol. The second kappa shape index (κ2) is 7.12. The first kappa shape index (κ1) is 14.6. The summed E-state index contributed by atoms with van der Waals surface area (Å²) in [5.74, 6) is 0.643. The Morgan fingerprint density at radius 3 is 2.45 bits per heavy atom. The second-order valence-corrected chi connectivity index (χ2v) is 5.33. The van der Waals surface area contributed by atoms with Crippen molar-refractivity contribution >= 4 is 11.4 Å². The van der Waals surface area contributed by atoms with E-state index in [9.17, 15) is 10.1 Å². The molecule has 1 aromatic rings. The molecule has 1 aliphatic carbocycles. The predicted octanol–water partition coefficient (Wildman–Crippen LogP) is 4.13. The molecule has 1 aliphatic rings. The zero-order chi connectivity index (χ0) is 14.4. The van der Waals surface area contributed by atoms with Gasteiger partial charge in [0.1, 0.15) is 11.4 Å². The van der Waals surface area contributed by atoms with E-state index in [2.05, 4.69) is 5.32 Å². The van der Waals surface area contributed by atoms with Crippen molar-refractivity contribution in [2.75, 3.05) is 12.4 Å². The molecule has 0 aromatic heterocycles. The number of nitrogens with zero attached hydrogens (tertiary/aromatic N) is 1. The van der Waals surface area contributed by atoms with Crippen molar-refractivity contribution in [2.24, 2.45) is 0 Å². The molecule has 0 bridgehead atoms. The van der Waals surface area contributed by atoms with Crippen LogP contribution in [-0.2, 0) is 0 Å². The molecule has 0 spiro atoms. The first-order valence-electron chi connectivity index (χ1n) is 7.29. The highest BCUT2D eigenvalue weighted by atomic mass is 16.6. The first-order chi connectivity index (χ1) is 9.70. The van der Waals surface area contributed by atoms with E-state index >= 15 is 0 Å². The van der Waals surface area contributed by atoms with E-state index in [4.69, 9.17) is 4.74 Å². The summed E-state index contributed by atoms with van der Waals surface area (Å²) in [4.78, 5) is 10.8. The molecular weight excluding hydrogens is 256 g/mol. The predicted molar refractivity (Wildman–Crippen MR) is 79.4 cm³/mol. The van der Waals surface area contributed by atoms with Gasteiger partial charge in [-0.15, -0.1) is 0 Å². The number of nitro groups is 1. The van der Waals surface area contributed by atoms with Crippen molar-refractivity contribution < 1.29 is 9.66 Å². The van der Waals surface area contributed by atoms with Gasteiger partial charge in [0.05, 0.1) is 12.0 Å². The maximum Gasteiger partial charge on any atom is 0.292 e. The average Bonchev–Trinajstić information content (AvgIpc) is 2.41. The Labute approximate surface area is 119 Å². The Balaban J connectivity index is 2.14. The van der Waals surface area contributed by atoms with Crippen LogP contribution in [0.3, 0.4) is 0 Å². The molecule has 1 saturated carbocycles. The zero-order valence-corrected chi connectivity index (χ0v) is 11.9. The Kier molecular flexibility index (Phi) is 5.21. The lowest BCUT2D eigenvalue weighted by Crippen LogP contribution is -2.21. The van der Waals surface area contributed by atoms with Gasteiger partial charge >= 0.3 is 0 Å². The molecule has 0 atom stereocenters. The standard InChI is InChI=1S/C15H22N2O3/c1-20-13-9-10-15(17(18)19)14(11-13)16-12-7-5-3-2-4-6-8-12/h9-12,16H,2-8H2,1H3. The lowest BCUT2D eigenvalue weighted by atomic mass is 9.96. The molecule has 0 unspecified atom stereocenters. The summed E-state index contributed by atoms with van der Waals surface area (Å²) < 4.78 is 5.16. The summed E-state index contributed by atoms with van der Waals surface area (Å²) in [7, 11) is 1.57. The van der Waals surface area contributed by atoms with Crippen LogP contribution in [0.4, 0.5) is 11.4 Å². The van der Waals surface area contributed by atoms with Crippen LogP contribution in [0.2, 0.25) is 0 Å². The fourth-order valence-corrected chi connectivity index (χ4v) is 2.74. The summed E-state index contributed by atoms with van der Waals surface area (Å²) in [6.45, 7) is 0. The van der Waals surface area contributed by atoms with Crippen LogP contribution < -0.4 is 10.1 Å². The average molecular weight is 278 g/mol. The van der Waals surface area contributed by atoms with Crippen molar-refractivity contribution in [3.8, 4) is 5.75 Å². The number of nitrogens with one attached hydrogen (secondary N) is 1. The summed E-state index contributed by atoms with van der Waals surface area (Å²) >= 11 is 0. The lowest BCUT2D eigenvalue weighted by molar-refractivity contribution is -0.384. The van der Waals surface area contributed by atoms with Gasteiger partial charge in [0.15, 0.2) is 0 Å². The van der Waals surface area contributed by atoms with Gasteiger partial charge in [-0.2, -0.15) is 0 Å². The topological polar surface area (TPSA) is 64.4 Å². The minimum Gasteiger partial charge on any atom is -0.497 e. The van der Waals surface area contributed by atoms with Crippen LogP contribution in [0.25, 0.3) is 0 Å². The number of benzene rings is 1. The number of anilines is 1. The van der Waals surface area contributed by atoms with Gasteiger partial charge in [-0.25, -0.2) is 0 Å². The summed E-state index contributed by atoms with van der Waals surface area (Å²) in [5, 5.41) is 14.5. The SMILES string of the molecule is COc1ccc([N+](=O)[O-])c(NC2CCCCCCC2)c1. The Hall–Kier alpha value is -1.78. The van der Waals surface area contributed by atoms with Crippen molar-refractivity contribution in [1.29, 1.82) is 0 Å². The van der Waals surface area contributed by atoms with E-state index in [1.807, 2.05) is 0 Å². The highest BCUT2D eigenvalue weighted by molar-refractivity contribution is 5.64. The van der Waals surface area contributed by atoms with Crippen LogP contribution >= 0.6 is 0 Å². The molecule has 110 valence electrons. The van der Waals surface area contributed by atoms with E-state index in [0.29, 0.717) is 17.5 Å². The van der Waals surface area contributed by atoms with Crippen molar-refractivity contribution in [3.63, 3.8) is 0 Å². The van der Waals surface area contributed by atoms with Crippen molar-refractivity contribution in [2.45, 2.75) is 51.0 Å². The molecule has 0 aliphatic heterocycles. The van der Waals surface area contributed by atoms with Gasteiger partial charge in [-0.05, 0) is 18.9 Å². The minimum atomic E-state index is -0.343. The Morgan fingerprint density at radius 2 is 1.85 bits per heavy atom. The van der Waals surface area contributed by atoms with Crippen LogP contribution in [0, 0.1) is 10.1 Å². The molecule has 0 radical (unpaired) electrons. The molecule has 0 saturated heterocycles. The third-order valence-electron chi connectivity index (χ3n) is 3.87. The molecule has 1 aromatic carbocycles. The summed E-state index contributed by atoms with van der Waals surface area (Å²) in [6, 6.07) is 5.17. The largest absolute Gasteiger partial charge is 0.497 e. The molecule has 5 nitrogen and oxygen atoms in total. The fourth-order valence-electron chi connectivity index (χ4n) is 2.74. The number of hydrogen-bond donors (Lipinski definition) is 1. The van der Waals surface area contributed by atoms with Crippen LogP contribution in [-0.4, -0.2) is 18.1 Å². The maximum atomic E-state index is 11.1. The molecule has 1 N–H and O–H groups in total. The molecule has 20 heavy (non-hydrogen) atoms. The number of methoxy groups -OCH3 is 1. The number of rotatable bonds is 4. The third-order valence-corrected chi connectivity index (χ3v) is 3.87. The quantitative estimate of drug-likeness (QED) is 0.664. The van der Waals surface area contributed by atoms with E-state index in [1.54, 1.807) is 19.2 Å². The molecule has 1 fully saturated rings. The summed E-state index contributed by atoms with van der Waals surface area (Å²) in [5.41, 5.74) is 0.688. The highest BCUT2D eigenvalue weighted by Crippen LogP contribution is 2.31. The lowest BCUT2D eigenvalue weighted by Gasteiger charge is -2.22. The van der Waals surface area contributed by atoms with Gasteiger partial charge in [0.2, 0.25) is 0 Å². The first-order valence-corrected chi connectivity index (χ1v) is 7.29. The van der Waals surface area contributed by atoms with Crippen LogP contribution in [0.1, 0.15) is 44.9 Å². The van der Waals surface area contributed by atoms with E-state index in [0.717, 1.165) is 12.8 Å². The smallest absolute Gasteiger partial charge is 0.292 e. The van der Waals surface area contributed by atoms with Gasteiger partial charge in [-0.3, -0.25) is 10.1 Å². The second-order valence-electron chi connectivity index (χ2n) is 5.33. The Bertz CT molecular complexity index is 454. The van der Waals surface area contributed by atoms with Crippen molar-refractivity contribution in [1.82, 2.24) is 0 Å². The molecule has 2 rings (SSSR count). The van der Waals surface area contributed by atoms with Crippen LogP contribution in [0.5, 0.6) is 5.75 Å². The maximum absolute atomic E-state index is 11.1. The van der Waals surface area contributed by atoms with E-state index < -0.39 is 0 Å².